The van der Waals surface area contributed by atoms with E-state index in [1.54, 1.807) is 6.08 Å². The SMILES string of the molecule is CCCCCCCCCCCCCCCC(=O)O[C@H](COC(=O)CCCCCC[C@H]1C(=O)C[C@@H](O)[C@@H]1/C=C/[C@@H](O)CCCCC)COP(=O)(O)OCCN. The molecule has 6 atom stereocenters. The van der Waals surface area contributed by atoms with Crippen molar-refractivity contribution in [2.45, 2.75) is 193 Å². The first-order chi connectivity index (χ1) is 26.0. The lowest BCUT2D eigenvalue weighted by molar-refractivity contribution is -0.161. The minimum Gasteiger partial charge on any atom is -0.462 e. The molecule has 316 valence electrons. The number of aliphatic hydroxyl groups is 2. The molecule has 1 saturated carbocycles. The number of aliphatic hydroxyl groups excluding tert-OH is 2. The highest BCUT2D eigenvalue weighted by atomic mass is 31.2. The van der Waals surface area contributed by atoms with Gasteiger partial charge in [0.1, 0.15) is 12.4 Å². The summed E-state index contributed by atoms with van der Waals surface area (Å²) in [6, 6.07) is 0. The number of rotatable bonds is 36. The van der Waals surface area contributed by atoms with Gasteiger partial charge in [0.25, 0.3) is 0 Å². The van der Waals surface area contributed by atoms with E-state index >= 15 is 0 Å². The number of phosphoric ester groups is 1. The van der Waals surface area contributed by atoms with Gasteiger partial charge in [-0.3, -0.25) is 23.4 Å². The fourth-order valence-corrected chi connectivity index (χ4v) is 7.59. The molecule has 0 heterocycles. The van der Waals surface area contributed by atoms with Crippen LogP contribution in [-0.4, -0.2) is 77.5 Å². The summed E-state index contributed by atoms with van der Waals surface area (Å²) in [5.41, 5.74) is 5.34. The fourth-order valence-electron chi connectivity index (χ4n) is 6.82. The van der Waals surface area contributed by atoms with Gasteiger partial charge in [-0.25, -0.2) is 4.57 Å². The summed E-state index contributed by atoms with van der Waals surface area (Å²) < 4.78 is 32.7. The van der Waals surface area contributed by atoms with E-state index in [-0.39, 0.29) is 56.6 Å². The number of Topliss-reactive ketones (excluding diaryl/α,β-unsaturated/α-hetero) is 1. The molecule has 13 heteroatoms. The maximum atomic E-state index is 12.6. The molecule has 5 N–H and O–H groups in total. The number of ketones is 1. The van der Waals surface area contributed by atoms with Gasteiger partial charge in [0.15, 0.2) is 6.10 Å². The average Bonchev–Trinajstić information content (AvgIpc) is 3.41. The van der Waals surface area contributed by atoms with Crippen LogP contribution < -0.4 is 5.73 Å². The number of nitrogens with two attached hydrogens (primary N) is 1. The summed E-state index contributed by atoms with van der Waals surface area (Å²) in [7, 11) is -4.43. The molecule has 54 heavy (non-hydrogen) atoms. The van der Waals surface area contributed by atoms with Gasteiger partial charge in [-0.2, -0.15) is 0 Å². The second-order valence-corrected chi connectivity index (χ2v) is 16.4. The third-order valence-corrected chi connectivity index (χ3v) is 11.0. The van der Waals surface area contributed by atoms with Crippen LogP contribution in [0.15, 0.2) is 12.2 Å². The van der Waals surface area contributed by atoms with Gasteiger partial charge >= 0.3 is 19.8 Å². The molecule has 0 aliphatic heterocycles. The van der Waals surface area contributed by atoms with E-state index < -0.39 is 44.7 Å². The molecule has 0 aromatic rings. The van der Waals surface area contributed by atoms with E-state index in [0.29, 0.717) is 25.7 Å². The van der Waals surface area contributed by atoms with Crippen LogP contribution in [0, 0.1) is 11.8 Å². The predicted octanol–water partition coefficient (Wildman–Crippen LogP) is 8.42. The van der Waals surface area contributed by atoms with Gasteiger partial charge in [-0.1, -0.05) is 142 Å². The molecule has 1 unspecified atom stereocenters. The number of unbranched alkanes of at least 4 members (excludes halogenated alkanes) is 17. The van der Waals surface area contributed by atoms with Crippen LogP contribution in [0.25, 0.3) is 0 Å². The van der Waals surface area contributed by atoms with E-state index in [1.165, 1.54) is 57.8 Å². The Hall–Kier alpha value is -1.66. The zero-order valence-electron chi connectivity index (χ0n) is 33.7. The molecular weight excluding hydrogens is 713 g/mol. The van der Waals surface area contributed by atoms with Crippen molar-refractivity contribution < 1.29 is 52.6 Å². The molecule has 0 radical (unpaired) electrons. The van der Waals surface area contributed by atoms with Crippen molar-refractivity contribution in [2.24, 2.45) is 17.6 Å². The van der Waals surface area contributed by atoms with Crippen LogP contribution in [0.2, 0.25) is 0 Å². The molecule has 1 rings (SSSR count). The zero-order chi connectivity index (χ0) is 39.9. The Balaban J connectivity index is 2.38. The molecule has 12 nitrogen and oxygen atoms in total. The van der Waals surface area contributed by atoms with Crippen molar-refractivity contribution in [1.82, 2.24) is 0 Å². The van der Waals surface area contributed by atoms with Crippen molar-refractivity contribution in [2.75, 3.05) is 26.4 Å². The largest absolute Gasteiger partial charge is 0.472 e. The third kappa shape index (κ3) is 26.2. The Bertz CT molecular complexity index is 1060. The van der Waals surface area contributed by atoms with Gasteiger partial charge in [-0.05, 0) is 25.7 Å². The second-order valence-electron chi connectivity index (χ2n) is 15.0. The van der Waals surface area contributed by atoms with Crippen LogP contribution >= 0.6 is 7.82 Å². The fraction of sp³-hybridized carbons (Fsp3) is 0.878. The molecule has 0 amide bonds. The lowest BCUT2D eigenvalue weighted by atomic mass is 9.88. The number of carbonyl (C=O) groups is 3. The maximum Gasteiger partial charge on any atom is 0.472 e. The summed E-state index contributed by atoms with van der Waals surface area (Å²) in [5.74, 6) is -1.50. The Labute approximate surface area is 326 Å². The van der Waals surface area contributed by atoms with Crippen LogP contribution in [0.5, 0.6) is 0 Å². The van der Waals surface area contributed by atoms with E-state index in [0.717, 1.165) is 57.8 Å². The number of ether oxygens (including phenoxy) is 2. The standard InChI is InChI=1S/C41H76NO11P/c1-3-5-7-8-9-10-11-12-13-14-15-16-22-26-41(47)53-35(33-52-54(48,49)51-30-29-42)32-50-40(46)25-21-18-17-20-24-36-37(39(45)31-38(36)44)28-27-34(43)23-19-6-4-2/h27-28,34-37,39,43,45H,3-26,29-33,42H2,1-2H3,(H,48,49)/b28-27+/t34-,35+,36+,37+,39+/m0/s1. The number of hydrogen-bond donors (Lipinski definition) is 4. The minimum absolute atomic E-state index is 0.0209. The number of carbonyl (C=O) groups excluding carboxylic acids is 3. The highest BCUT2D eigenvalue weighted by molar-refractivity contribution is 7.47. The van der Waals surface area contributed by atoms with Crippen molar-refractivity contribution in [3.8, 4) is 0 Å². The van der Waals surface area contributed by atoms with Gasteiger partial charge < -0.3 is 30.3 Å². The average molecular weight is 790 g/mol. The zero-order valence-corrected chi connectivity index (χ0v) is 34.6. The van der Waals surface area contributed by atoms with E-state index in [9.17, 15) is 34.1 Å². The van der Waals surface area contributed by atoms with Crippen LogP contribution in [-0.2, 0) is 37.5 Å². The second kappa shape index (κ2) is 32.4. The first-order valence-electron chi connectivity index (χ1n) is 21.3. The van der Waals surface area contributed by atoms with Crippen LogP contribution in [0.4, 0.5) is 0 Å². The summed E-state index contributed by atoms with van der Waals surface area (Å²) in [6.45, 7) is 3.36. The molecule has 1 aliphatic carbocycles. The highest BCUT2D eigenvalue weighted by Crippen LogP contribution is 2.43. The van der Waals surface area contributed by atoms with Crippen molar-refractivity contribution in [1.29, 1.82) is 0 Å². The van der Waals surface area contributed by atoms with Gasteiger partial charge in [0.2, 0.25) is 0 Å². The first-order valence-corrected chi connectivity index (χ1v) is 22.8. The highest BCUT2D eigenvalue weighted by Gasteiger charge is 2.39. The molecule has 0 saturated heterocycles. The van der Waals surface area contributed by atoms with Crippen molar-refractivity contribution in [3.05, 3.63) is 12.2 Å². The normalized spacial score (nSPS) is 19.6. The monoisotopic (exact) mass is 790 g/mol. The van der Waals surface area contributed by atoms with Crippen molar-refractivity contribution >= 4 is 25.5 Å². The van der Waals surface area contributed by atoms with Gasteiger partial charge in [0, 0.05) is 37.6 Å². The Kier molecular flexibility index (Phi) is 30.2. The summed E-state index contributed by atoms with van der Waals surface area (Å²) >= 11 is 0. The lowest BCUT2D eigenvalue weighted by Crippen LogP contribution is -2.29. The number of phosphoric acid groups is 1. The lowest BCUT2D eigenvalue weighted by Gasteiger charge is -2.20. The Morgan fingerprint density at radius 1 is 0.796 bits per heavy atom. The van der Waals surface area contributed by atoms with Gasteiger partial charge in [0.05, 0.1) is 25.4 Å². The van der Waals surface area contributed by atoms with Crippen molar-refractivity contribution in [3.63, 3.8) is 0 Å². The molecule has 0 spiro atoms. The predicted molar refractivity (Wildman–Crippen MR) is 212 cm³/mol. The van der Waals surface area contributed by atoms with Crippen LogP contribution in [0.3, 0.4) is 0 Å². The molecule has 0 aromatic heterocycles. The maximum absolute atomic E-state index is 12.6. The number of hydrogen-bond acceptors (Lipinski definition) is 11. The summed E-state index contributed by atoms with van der Waals surface area (Å²) in [4.78, 5) is 47.5. The van der Waals surface area contributed by atoms with Gasteiger partial charge in [-0.15, -0.1) is 0 Å². The summed E-state index contributed by atoms with van der Waals surface area (Å²) in [6.07, 6.45) is 24.3. The molecule has 1 aliphatic rings. The Morgan fingerprint density at radius 3 is 1.93 bits per heavy atom. The molecule has 0 aromatic carbocycles. The first kappa shape index (κ1) is 50.4. The summed E-state index contributed by atoms with van der Waals surface area (Å²) in [5, 5.41) is 20.7. The van der Waals surface area contributed by atoms with Crippen LogP contribution in [0.1, 0.15) is 174 Å². The topological polar surface area (TPSA) is 192 Å². The van der Waals surface area contributed by atoms with E-state index in [2.05, 4.69) is 13.8 Å². The number of esters is 2. The smallest absolute Gasteiger partial charge is 0.462 e. The molecular formula is C41H76NO11P. The molecule has 1 fully saturated rings. The molecule has 0 bridgehead atoms. The minimum atomic E-state index is -4.43. The Morgan fingerprint density at radius 2 is 1.33 bits per heavy atom. The third-order valence-electron chi connectivity index (χ3n) is 10.0. The van der Waals surface area contributed by atoms with E-state index in [4.69, 9.17) is 24.3 Å². The quantitative estimate of drug-likeness (QED) is 0.0205. The van der Waals surface area contributed by atoms with E-state index in [1.807, 2.05) is 6.08 Å².